The van der Waals surface area contributed by atoms with E-state index in [0.717, 1.165) is 4.47 Å². The average Bonchev–Trinajstić information content (AvgIpc) is 3.18. The smallest absolute Gasteiger partial charge is 0.328 e. The highest BCUT2D eigenvalue weighted by atomic mass is 79.9. The van der Waals surface area contributed by atoms with Crippen molar-refractivity contribution in [1.29, 1.82) is 0 Å². The van der Waals surface area contributed by atoms with E-state index in [9.17, 15) is 14.4 Å². The van der Waals surface area contributed by atoms with Crippen LogP contribution in [-0.4, -0.2) is 29.5 Å². The van der Waals surface area contributed by atoms with Gasteiger partial charge in [-0.3, -0.25) is 19.8 Å². The van der Waals surface area contributed by atoms with E-state index >= 15 is 0 Å². The Morgan fingerprint density at radius 1 is 0.912 bits per heavy atom. The molecule has 3 aromatic carbocycles. The van der Waals surface area contributed by atoms with E-state index in [2.05, 4.69) is 32.0 Å². The first kappa shape index (κ1) is 23.3. The maximum Gasteiger partial charge on any atom is 0.328 e. The van der Waals surface area contributed by atoms with Crippen LogP contribution in [0.25, 0.3) is 10.9 Å². The molecule has 1 heterocycles. The van der Waals surface area contributed by atoms with Crippen molar-refractivity contribution in [2.75, 3.05) is 23.2 Å². The number of nitrogens with one attached hydrogen (secondary N) is 3. The highest BCUT2D eigenvalue weighted by molar-refractivity contribution is 9.10. The SMILES string of the molecule is COc1cccc(NC(=O)C(=O)Nn2c(C(=O)Nc3ccccc3Cl)cc3cc(Br)ccc32)c1. The minimum Gasteiger partial charge on any atom is -0.497 e. The lowest BCUT2D eigenvalue weighted by molar-refractivity contribution is -0.133. The third-order valence-electron chi connectivity index (χ3n) is 4.87. The molecular weight excluding hydrogens is 524 g/mol. The molecule has 4 aromatic rings. The van der Waals surface area contributed by atoms with Crippen molar-refractivity contribution in [2.45, 2.75) is 0 Å². The molecule has 0 spiro atoms. The van der Waals surface area contributed by atoms with Crippen molar-refractivity contribution >= 4 is 67.5 Å². The molecule has 0 fully saturated rings. The van der Waals surface area contributed by atoms with Crippen molar-refractivity contribution in [3.05, 3.63) is 88.0 Å². The second-order valence-corrected chi connectivity index (χ2v) is 8.45. The van der Waals surface area contributed by atoms with Gasteiger partial charge in [0.1, 0.15) is 11.4 Å². The Labute approximate surface area is 207 Å². The highest BCUT2D eigenvalue weighted by Crippen LogP contribution is 2.26. The van der Waals surface area contributed by atoms with Crippen LogP contribution in [0.4, 0.5) is 11.4 Å². The second kappa shape index (κ2) is 9.98. The summed E-state index contributed by atoms with van der Waals surface area (Å²) in [5.41, 5.74) is 3.94. The molecule has 0 bridgehead atoms. The van der Waals surface area contributed by atoms with E-state index in [4.69, 9.17) is 16.3 Å². The van der Waals surface area contributed by atoms with Gasteiger partial charge >= 0.3 is 11.8 Å². The zero-order valence-corrected chi connectivity index (χ0v) is 20.1. The van der Waals surface area contributed by atoms with Crippen molar-refractivity contribution in [2.24, 2.45) is 0 Å². The predicted octanol–water partition coefficient (Wildman–Crippen LogP) is 5.03. The van der Waals surface area contributed by atoms with Crippen LogP contribution in [0, 0.1) is 0 Å². The minimum atomic E-state index is -0.963. The molecule has 0 aliphatic carbocycles. The van der Waals surface area contributed by atoms with E-state index in [1.165, 1.54) is 11.8 Å². The van der Waals surface area contributed by atoms with E-state index in [-0.39, 0.29) is 5.69 Å². The van der Waals surface area contributed by atoms with Gasteiger partial charge in [-0.15, -0.1) is 0 Å². The quantitative estimate of drug-likeness (QED) is 0.309. The van der Waals surface area contributed by atoms with Crippen LogP contribution in [0.5, 0.6) is 5.75 Å². The number of para-hydroxylation sites is 1. The summed E-state index contributed by atoms with van der Waals surface area (Å²) in [6.45, 7) is 0. The fraction of sp³-hybridized carbons (Fsp3) is 0.0417. The van der Waals surface area contributed by atoms with Crippen LogP contribution in [0.1, 0.15) is 10.5 Å². The number of anilines is 2. The number of rotatable bonds is 5. The molecule has 0 saturated heterocycles. The maximum atomic E-state index is 13.1. The van der Waals surface area contributed by atoms with Crippen LogP contribution in [-0.2, 0) is 9.59 Å². The van der Waals surface area contributed by atoms with E-state index in [1.807, 2.05) is 0 Å². The first-order chi connectivity index (χ1) is 16.4. The molecule has 0 aliphatic heterocycles. The fourth-order valence-electron chi connectivity index (χ4n) is 3.26. The van der Waals surface area contributed by atoms with Crippen LogP contribution >= 0.6 is 27.5 Å². The standard InChI is InChI=1S/C24H18BrClN4O4/c1-34-17-6-4-5-16(13-17)27-23(32)24(33)29-30-20-10-9-15(25)11-14(20)12-21(30)22(31)28-19-8-3-2-7-18(19)26/h2-13H,1H3,(H,27,32)(H,28,31)(H,29,33). The molecule has 0 unspecified atom stereocenters. The van der Waals surface area contributed by atoms with Gasteiger partial charge in [0.05, 0.1) is 23.3 Å². The number of methoxy groups -OCH3 is 1. The Balaban J connectivity index is 1.62. The minimum absolute atomic E-state index is 0.107. The van der Waals surface area contributed by atoms with E-state index in [1.54, 1.807) is 72.8 Å². The van der Waals surface area contributed by atoms with Gasteiger partial charge in [-0.1, -0.05) is 45.7 Å². The largest absolute Gasteiger partial charge is 0.497 e. The van der Waals surface area contributed by atoms with Crippen molar-refractivity contribution in [1.82, 2.24) is 4.68 Å². The molecule has 10 heteroatoms. The first-order valence-electron chi connectivity index (χ1n) is 9.99. The topological polar surface area (TPSA) is 101 Å². The molecule has 0 atom stereocenters. The lowest BCUT2D eigenvalue weighted by Gasteiger charge is -2.13. The normalized spacial score (nSPS) is 10.6. The lowest BCUT2D eigenvalue weighted by Crippen LogP contribution is -2.36. The van der Waals surface area contributed by atoms with Crippen molar-refractivity contribution in [3.8, 4) is 5.75 Å². The molecular formula is C24H18BrClN4O4. The number of fused-ring (bicyclic) bond motifs is 1. The summed E-state index contributed by atoms with van der Waals surface area (Å²) >= 11 is 9.56. The molecule has 0 saturated carbocycles. The molecule has 3 amide bonds. The Kier molecular flexibility index (Phi) is 6.85. The van der Waals surface area contributed by atoms with Crippen LogP contribution < -0.4 is 20.8 Å². The summed E-state index contributed by atoms with van der Waals surface area (Å²) in [5, 5.41) is 6.28. The number of aromatic nitrogens is 1. The maximum absolute atomic E-state index is 13.1. The third kappa shape index (κ3) is 5.05. The van der Waals surface area contributed by atoms with Gasteiger partial charge in [0.15, 0.2) is 0 Å². The molecule has 34 heavy (non-hydrogen) atoms. The number of carbonyl (C=O) groups is 3. The highest BCUT2D eigenvalue weighted by Gasteiger charge is 2.21. The molecule has 3 N–H and O–H groups in total. The van der Waals surface area contributed by atoms with Gasteiger partial charge in [-0.25, -0.2) is 4.68 Å². The average molecular weight is 542 g/mol. The van der Waals surface area contributed by atoms with Crippen molar-refractivity contribution < 1.29 is 19.1 Å². The van der Waals surface area contributed by atoms with Crippen LogP contribution in [0.15, 0.2) is 77.3 Å². The Hall–Kier alpha value is -3.82. The van der Waals surface area contributed by atoms with Gasteiger partial charge in [0.2, 0.25) is 0 Å². The monoisotopic (exact) mass is 540 g/mol. The van der Waals surface area contributed by atoms with Gasteiger partial charge in [-0.2, -0.15) is 0 Å². The van der Waals surface area contributed by atoms with Crippen molar-refractivity contribution in [3.63, 3.8) is 0 Å². The third-order valence-corrected chi connectivity index (χ3v) is 5.69. The Morgan fingerprint density at radius 3 is 2.47 bits per heavy atom. The lowest BCUT2D eigenvalue weighted by atomic mass is 10.2. The van der Waals surface area contributed by atoms with Gasteiger partial charge in [0.25, 0.3) is 5.91 Å². The number of ether oxygens (including phenoxy) is 1. The molecule has 4 rings (SSSR count). The van der Waals surface area contributed by atoms with Crippen LogP contribution in [0.3, 0.4) is 0 Å². The molecule has 8 nitrogen and oxygen atoms in total. The summed E-state index contributed by atoms with van der Waals surface area (Å²) in [5.74, 6) is -1.87. The summed E-state index contributed by atoms with van der Waals surface area (Å²) in [6.07, 6.45) is 0. The van der Waals surface area contributed by atoms with Crippen LogP contribution in [0.2, 0.25) is 5.02 Å². The number of hydrogen-bond acceptors (Lipinski definition) is 4. The number of halogens is 2. The number of amides is 3. The number of carbonyl (C=O) groups excluding carboxylic acids is 3. The van der Waals surface area contributed by atoms with Gasteiger partial charge in [0, 0.05) is 21.6 Å². The number of benzene rings is 3. The first-order valence-corrected chi connectivity index (χ1v) is 11.2. The summed E-state index contributed by atoms with van der Waals surface area (Å²) < 4.78 is 7.18. The summed E-state index contributed by atoms with van der Waals surface area (Å²) in [6, 6.07) is 20.3. The molecule has 172 valence electrons. The summed E-state index contributed by atoms with van der Waals surface area (Å²) in [4.78, 5) is 38.4. The zero-order chi connectivity index (χ0) is 24.2. The number of hydrogen-bond donors (Lipinski definition) is 3. The van der Waals surface area contributed by atoms with E-state index in [0.29, 0.717) is 33.0 Å². The Bertz CT molecular complexity index is 1420. The number of nitrogens with zero attached hydrogens (tertiary/aromatic N) is 1. The molecule has 1 aromatic heterocycles. The van der Waals surface area contributed by atoms with Gasteiger partial charge < -0.3 is 15.4 Å². The zero-order valence-electron chi connectivity index (χ0n) is 17.8. The predicted molar refractivity (Wildman–Crippen MR) is 135 cm³/mol. The van der Waals surface area contributed by atoms with E-state index < -0.39 is 17.7 Å². The second-order valence-electron chi connectivity index (χ2n) is 7.13. The molecule has 0 radical (unpaired) electrons. The fourth-order valence-corrected chi connectivity index (χ4v) is 3.83. The Morgan fingerprint density at radius 2 is 1.71 bits per heavy atom. The molecule has 0 aliphatic rings. The van der Waals surface area contributed by atoms with Gasteiger partial charge in [-0.05, 0) is 48.5 Å². The summed E-state index contributed by atoms with van der Waals surface area (Å²) in [7, 11) is 1.50.